The summed E-state index contributed by atoms with van der Waals surface area (Å²) in [5, 5.41) is 37.3. The Morgan fingerprint density at radius 1 is 0.656 bits per heavy atom. The number of carbonyl (C=O) groups excluding carboxylic acids is 7. The number of amides is 7. The Balaban J connectivity index is 0.000000343. The van der Waals surface area contributed by atoms with E-state index >= 15 is 0 Å². The van der Waals surface area contributed by atoms with Crippen LogP contribution in [-0.2, 0) is 71.3 Å². The molecule has 470 valence electrons. The van der Waals surface area contributed by atoms with Gasteiger partial charge in [-0.05, 0) is 72.0 Å². The number of amidine groups is 1. The predicted molar refractivity (Wildman–Crippen MR) is 332 cm³/mol. The van der Waals surface area contributed by atoms with Crippen LogP contribution >= 0.6 is 0 Å². The van der Waals surface area contributed by atoms with Gasteiger partial charge in [-0.2, -0.15) is 0 Å². The number of aromatic nitrogens is 4. The molecule has 1 aliphatic heterocycles. The number of fused-ring (bicyclic) bond motifs is 2. The maximum atomic E-state index is 13.9. The number of unbranched alkanes of at least 4 members (excludes halogenated alkanes) is 2. The Bertz CT molecular complexity index is 3530. The van der Waals surface area contributed by atoms with Gasteiger partial charge in [-0.25, -0.2) is 4.98 Å². The number of aromatic amines is 1. The number of rotatable bonds is 20. The van der Waals surface area contributed by atoms with Crippen LogP contribution in [0.25, 0.3) is 44.3 Å². The van der Waals surface area contributed by atoms with E-state index in [-0.39, 0.29) is 83.4 Å². The molecule has 24 heteroatoms. The summed E-state index contributed by atoms with van der Waals surface area (Å²) in [5.41, 5.74) is 12.8. The van der Waals surface area contributed by atoms with Crippen molar-refractivity contribution < 1.29 is 76.0 Å². The zero-order valence-electron chi connectivity index (χ0n) is 49.3. The van der Waals surface area contributed by atoms with Crippen molar-refractivity contribution in [1.82, 2.24) is 57.2 Å². The average molecular weight is 1420 g/mol. The van der Waals surface area contributed by atoms with E-state index in [1.807, 2.05) is 97.1 Å². The van der Waals surface area contributed by atoms with Crippen molar-refractivity contribution in [3.63, 3.8) is 0 Å². The first kappa shape index (κ1) is 71.1. The zero-order valence-corrected chi connectivity index (χ0v) is 52.5. The molecule has 5 atom stereocenters. The van der Waals surface area contributed by atoms with Gasteiger partial charge in [0.15, 0.2) is 0 Å². The van der Waals surface area contributed by atoms with E-state index in [9.17, 15) is 43.5 Å². The van der Waals surface area contributed by atoms with Crippen molar-refractivity contribution in [1.29, 1.82) is 5.41 Å². The Kier molecular flexibility index (Phi) is 29.4. The van der Waals surface area contributed by atoms with Crippen LogP contribution < -0.4 is 55.4 Å². The van der Waals surface area contributed by atoms with Crippen LogP contribution in [0.15, 0.2) is 164 Å². The standard InChI is InChI=1S/C36H51N11O9.2C15H10N.ClH.Ir/c1-21(48)43-27(16-23-18-39-20-42-23)33(53)40-14-8-7-12-25-34(54)45-24(11-5-6-13-29(37)38)32(52)41-19-30(49)44-28(17-31(50)51)36(56)47-26(35(55)46-25)15-22-9-3-2-4-10-22;2*1-2-6-12(7-3-1)15-11-10-13-8-4-5-9-14(13)16-15;;/h2-4,9-10,18,20,24-28H,5-8,11-17,19H2,1H3,(H3,37,38)(H,39,42)(H,40,53)(H,41,52)(H,43,48)(H,44,49)(H,45,54)(H,46,55)(H,47,56)(H,50,51);2*1-6,8-11H;1H;/q;2*-1;;+3/p-1/t24-,25-,26+,27-,28-;;;;/m0..../s1. The number of carbonyl (C=O) groups is 8. The summed E-state index contributed by atoms with van der Waals surface area (Å²) in [7, 11) is 0. The van der Waals surface area contributed by atoms with Crippen molar-refractivity contribution in [2.24, 2.45) is 5.73 Å². The molecule has 0 aliphatic carbocycles. The Hall–Kier alpha value is -9.70. The molecule has 0 saturated carbocycles. The molecule has 0 spiro atoms. The van der Waals surface area contributed by atoms with Gasteiger partial charge in [-0.1, -0.05) is 97.4 Å². The summed E-state index contributed by atoms with van der Waals surface area (Å²) >= 11 is 0. The second-order valence-electron chi connectivity index (χ2n) is 20.7. The molecule has 0 bridgehead atoms. The Morgan fingerprint density at radius 3 is 1.73 bits per heavy atom. The third-order valence-electron chi connectivity index (χ3n) is 13.9. The third-order valence-corrected chi connectivity index (χ3v) is 13.9. The molecule has 0 radical (unpaired) electrons. The Labute approximate surface area is 540 Å². The van der Waals surface area contributed by atoms with Gasteiger partial charge in [0, 0.05) is 44.6 Å². The second-order valence-corrected chi connectivity index (χ2v) is 20.7. The molecule has 9 rings (SSSR count). The maximum Gasteiger partial charge on any atom is 3.00 e. The molecular formula is C66H71ClIrN13O9. The van der Waals surface area contributed by atoms with Gasteiger partial charge in [0.25, 0.3) is 0 Å². The van der Waals surface area contributed by atoms with E-state index in [1.165, 1.54) is 30.2 Å². The number of nitrogens with zero attached hydrogens (tertiary/aromatic N) is 3. The van der Waals surface area contributed by atoms with E-state index in [2.05, 4.69) is 93.6 Å². The summed E-state index contributed by atoms with van der Waals surface area (Å²) in [6.07, 6.45) is 4.07. The van der Waals surface area contributed by atoms with Crippen LogP contribution in [-0.4, -0.2) is 121 Å². The molecule has 1 aliphatic rings. The number of hydrogen-bond donors (Lipinski definition) is 11. The first-order chi connectivity index (χ1) is 42.6. The number of hydrogen-bond acceptors (Lipinski definition) is 12. The van der Waals surface area contributed by atoms with Crippen molar-refractivity contribution in [3.05, 3.63) is 188 Å². The van der Waals surface area contributed by atoms with E-state index < -0.39 is 90.5 Å². The number of H-pyrrole nitrogens is 1. The van der Waals surface area contributed by atoms with Gasteiger partial charge < -0.3 is 65.4 Å². The van der Waals surface area contributed by atoms with Gasteiger partial charge in [0.1, 0.15) is 30.2 Å². The zero-order chi connectivity index (χ0) is 62.6. The van der Waals surface area contributed by atoms with E-state index in [4.69, 9.17) is 11.1 Å². The van der Waals surface area contributed by atoms with Crippen LogP contribution in [0.3, 0.4) is 0 Å². The van der Waals surface area contributed by atoms with Crippen LogP contribution in [0, 0.1) is 17.5 Å². The van der Waals surface area contributed by atoms with E-state index in [1.54, 1.807) is 30.3 Å². The number of carboxylic acids is 1. The number of pyridine rings is 2. The Morgan fingerprint density at radius 2 is 1.19 bits per heavy atom. The normalized spacial score (nSPS) is 16.2. The fourth-order valence-corrected chi connectivity index (χ4v) is 9.41. The maximum absolute atomic E-state index is 13.9. The summed E-state index contributed by atoms with van der Waals surface area (Å²) in [4.78, 5) is 120. The molecule has 22 nitrogen and oxygen atoms in total. The molecule has 4 heterocycles. The molecule has 8 aromatic rings. The number of carboxylic acid groups (broad SMARTS) is 1. The van der Waals surface area contributed by atoms with Gasteiger partial charge in [0.05, 0.1) is 36.2 Å². The topological polar surface area (TPSA) is 345 Å². The molecule has 12 N–H and O–H groups in total. The van der Waals surface area contributed by atoms with E-state index in [0.717, 1.165) is 33.5 Å². The molecular weight excluding hydrogens is 1350 g/mol. The average Bonchev–Trinajstić information content (AvgIpc) is 1.26. The van der Waals surface area contributed by atoms with Gasteiger partial charge in [0.2, 0.25) is 41.4 Å². The fraction of sp³-hybridized carbons (Fsp3) is 0.273. The van der Waals surface area contributed by atoms with Crippen molar-refractivity contribution in [3.8, 4) is 22.5 Å². The molecule has 1 saturated heterocycles. The molecule has 90 heavy (non-hydrogen) atoms. The van der Waals surface area contributed by atoms with Crippen molar-refractivity contribution in [2.75, 3.05) is 13.1 Å². The van der Waals surface area contributed by atoms with Gasteiger partial charge >= 0.3 is 26.1 Å². The van der Waals surface area contributed by atoms with Crippen molar-refractivity contribution in [2.45, 2.75) is 101 Å². The fourth-order valence-electron chi connectivity index (χ4n) is 9.41. The number of imidazole rings is 1. The van der Waals surface area contributed by atoms with Gasteiger partial charge in [-0.15, -0.1) is 71.8 Å². The molecule has 1 fully saturated rings. The van der Waals surface area contributed by atoms with Crippen LogP contribution in [0.5, 0.6) is 0 Å². The minimum absolute atomic E-state index is 0. The second kappa shape index (κ2) is 37.2. The van der Waals surface area contributed by atoms with Crippen LogP contribution in [0.4, 0.5) is 0 Å². The number of nitrogens with one attached hydrogen (secondary N) is 9. The summed E-state index contributed by atoms with van der Waals surface area (Å²) in [6, 6.07) is 49.1. The summed E-state index contributed by atoms with van der Waals surface area (Å²) < 4.78 is 0. The summed E-state index contributed by atoms with van der Waals surface area (Å²) in [5.74, 6) is -6.41. The SMILES string of the molecule is CC(=O)N[C@@H](Cc1cnc[nH]1)C(=O)NCCCC[C@@H]1NC(=O)[C@@H](Cc2ccccc2)NC(=O)[C@H](CC(=O)O)NC(=O)CNC(=O)[C@H](CCCCC(=N)N)NC1=O.[Cl-].[Ir+3].[c-]1ccccc1-c1ccc2ccccc2n1.[c-]1ccccc1-c1ccc2ccccc2n1. The van der Waals surface area contributed by atoms with Gasteiger partial charge in [-0.3, -0.25) is 53.7 Å². The van der Waals surface area contributed by atoms with Crippen LogP contribution in [0.2, 0.25) is 0 Å². The van der Waals surface area contributed by atoms with E-state index in [0.29, 0.717) is 30.5 Å². The minimum atomic E-state index is -1.61. The molecule has 7 amide bonds. The first-order valence-corrected chi connectivity index (χ1v) is 28.8. The quantitative estimate of drug-likeness (QED) is 0.0226. The third kappa shape index (κ3) is 23.4. The number of halogens is 1. The monoisotopic (exact) mass is 1420 g/mol. The number of para-hydroxylation sites is 2. The minimum Gasteiger partial charge on any atom is -1.00 e. The van der Waals surface area contributed by atoms with Crippen molar-refractivity contribution >= 4 is 75.0 Å². The molecule has 3 aromatic heterocycles. The van der Waals surface area contributed by atoms with Crippen LogP contribution in [0.1, 0.15) is 69.5 Å². The smallest absolute Gasteiger partial charge is 1.00 e. The molecule has 5 aromatic carbocycles. The summed E-state index contributed by atoms with van der Waals surface area (Å²) in [6.45, 7) is 0.799. The molecule has 0 unspecified atom stereocenters. The number of nitrogens with two attached hydrogens (primary N) is 1. The number of aliphatic carboxylic acids is 1. The largest absolute Gasteiger partial charge is 3.00 e. The predicted octanol–water partition coefficient (Wildman–Crippen LogP) is 2.43. The number of benzene rings is 5. The first-order valence-electron chi connectivity index (χ1n) is 28.8.